The molecule has 1 rings (SSSR count). The van der Waals surface area contributed by atoms with E-state index in [4.69, 9.17) is 0 Å². The van der Waals surface area contributed by atoms with Gasteiger partial charge in [-0.2, -0.15) is 0 Å². The normalized spacial score (nSPS) is 8.00. The van der Waals surface area contributed by atoms with Crippen molar-refractivity contribution in [3.63, 3.8) is 0 Å². The van der Waals surface area contributed by atoms with Gasteiger partial charge in [-0.15, -0.1) is 11.3 Å². The summed E-state index contributed by atoms with van der Waals surface area (Å²) in [6.07, 6.45) is 0. The first-order chi connectivity index (χ1) is 2.50. The number of hydrogen-bond acceptors (Lipinski definition) is 1. The molecular weight excluding hydrogens is 80.1 g/mol. The molecule has 0 spiro atoms. The fourth-order valence-electron chi connectivity index (χ4n) is 0.170. The predicted octanol–water partition coefficient (Wildman–Crippen LogP) is 1.35. The molecule has 0 fully saturated rings. The van der Waals surface area contributed by atoms with Crippen molar-refractivity contribution in [1.82, 2.24) is 0 Å². The Labute approximate surface area is 35.1 Å². The molecule has 1 aromatic rings. The Morgan fingerprint density at radius 1 is 1.60 bits per heavy atom. The predicted molar refractivity (Wildman–Crippen MR) is 22.0 cm³/mol. The molecule has 0 aliphatic rings. The highest BCUT2D eigenvalue weighted by Crippen LogP contribution is 1.89. The van der Waals surface area contributed by atoms with Crippen molar-refractivity contribution in [3.8, 4) is 0 Å². The Hall–Kier alpha value is -0.300. The fourth-order valence-corrected chi connectivity index (χ4v) is 0.510. The van der Waals surface area contributed by atoms with E-state index in [1.165, 1.54) is 11.3 Å². The smallest absolute Gasteiger partial charge is 0.0449 e. The quantitative estimate of drug-likeness (QED) is 0.443. The zero-order chi connectivity index (χ0) is 3.54. The van der Waals surface area contributed by atoms with Crippen molar-refractivity contribution in [2.24, 2.45) is 0 Å². The van der Waals surface area contributed by atoms with Gasteiger partial charge in [0.25, 0.3) is 0 Å². The van der Waals surface area contributed by atoms with Crippen molar-refractivity contribution in [1.29, 1.82) is 0 Å². The molecule has 0 aliphatic heterocycles. The van der Waals surface area contributed by atoms with Crippen LogP contribution in [0.4, 0.5) is 0 Å². The van der Waals surface area contributed by atoms with Gasteiger partial charge in [0.2, 0.25) is 0 Å². The van der Waals surface area contributed by atoms with Gasteiger partial charge in [0.05, 0.1) is 0 Å². The zero-order valence-electron chi connectivity index (χ0n) is 2.56. The number of hydrogen-bond donors (Lipinski definition) is 0. The van der Waals surface area contributed by atoms with Gasteiger partial charge in [0, 0.05) is 5.38 Å². The standard InChI is InChI=1S/C4H2S/c1-2-4-5-3-1/h1,4H. The highest BCUT2D eigenvalue weighted by molar-refractivity contribution is 7.07. The van der Waals surface area contributed by atoms with Crippen LogP contribution in [0.1, 0.15) is 0 Å². The van der Waals surface area contributed by atoms with Gasteiger partial charge in [-0.05, 0) is 17.5 Å². The van der Waals surface area contributed by atoms with Gasteiger partial charge in [0.15, 0.2) is 0 Å². The Morgan fingerprint density at radius 2 is 2.60 bits per heavy atom. The molecule has 1 heterocycles. The molecule has 0 bridgehead atoms. The monoisotopic (exact) mass is 82.0 g/mol. The summed E-state index contributed by atoms with van der Waals surface area (Å²) in [7, 11) is 0. The van der Waals surface area contributed by atoms with E-state index in [0.29, 0.717) is 0 Å². The maximum atomic E-state index is 2.85. The van der Waals surface area contributed by atoms with Crippen molar-refractivity contribution < 1.29 is 0 Å². The van der Waals surface area contributed by atoms with E-state index in [1.807, 2.05) is 5.38 Å². The summed E-state index contributed by atoms with van der Waals surface area (Å²) < 4.78 is 0. The average Bonchev–Trinajstić information content (AvgIpc) is 1.76. The van der Waals surface area contributed by atoms with Gasteiger partial charge >= 0.3 is 0 Å². The molecule has 0 N–H and O–H groups in total. The third-order valence-electron chi connectivity index (χ3n) is 0.337. The SMILES string of the molecule is [c]1c[c]sc1. The molecule has 2 radical (unpaired) electrons. The first-order valence-corrected chi connectivity index (χ1v) is 2.19. The average molecular weight is 82.1 g/mol. The lowest BCUT2D eigenvalue weighted by atomic mass is 10.7. The molecule has 0 unspecified atom stereocenters. The Bertz CT molecular complexity index is 60.1. The molecule has 1 heteroatoms. The van der Waals surface area contributed by atoms with E-state index in [1.54, 1.807) is 6.07 Å². The van der Waals surface area contributed by atoms with Crippen LogP contribution in [0.3, 0.4) is 0 Å². The maximum Gasteiger partial charge on any atom is 0.0449 e. The fraction of sp³-hybridized carbons (Fsp3) is 0. The van der Waals surface area contributed by atoms with Crippen molar-refractivity contribution in [3.05, 3.63) is 22.9 Å². The second kappa shape index (κ2) is 1.22. The van der Waals surface area contributed by atoms with Gasteiger partial charge in [-0.25, -0.2) is 0 Å². The van der Waals surface area contributed by atoms with E-state index < -0.39 is 0 Å². The van der Waals surface area contributed by atoms with Crippen LogP contribution in [0.2, 0.25) is 0 Å². The van der Waals surface area contributed by atoms with Crippen LogP contribution in [-0.2, 0) is 0 Å². The van der Waals surface area contributed by atoms with E-state index in [9.17, 15) is 0 Å². The largest absolute Gasteiger partial charge is 0.142 e. The van der Waals surface area contributed by atoms with Gasteiger partial charge in [-0.3, -0.25) is 0 Å². The Balaban J connectivity index is 3.13. The lowest BCUT2D eigenvalue weighted by Gasteiger charge is -1.37. The molecule has 0 saturated heterocycles. The highest BCUT2D eigenvalue weighted by Gasteiger charge is 1.61. The summed E-state index contributed by atoms with van der Waals surface area (Å²) in [5, 5.41) is 4.71. The minimum absolute atomic E-state index is 1.53. The van der Waals surface area contributed by atoms with Gasteiger partial charge in [-0.1, -0.05) is 0 Å². The van der Waals surface area contributed by atoms with Crippen LogP contribution >= 0.6 is 11.3 Å². The summed E-state index contributed by atoms with van der Waals surface area (Å²) in [5.41, 5.74) is 0. The number of thiophene rings is 1. The second-order valence-electron chi connectivity index (χ2n) is 0.665. The van der Waals surface area contributed by atoms with Gasteiger partial charge in [0.1, 0.15) is 0 Å². The second-order valence-corrected chi connectivity index (χ2v) is 1.37. The van der Waals surface area contributed by atoms with E-state index in [2.05, 4.69) is 11.4 Å². The minimum Gasteiger partial charge on any atom is -0.142 e. The number of rotatable bonds is 0. The molecule has 5 heavy (non-hydrogen) atoms. The molecule has 1 aromatic heterocycles. The van der Waals surface area contributed by atoms with Gasteiger partial charge < -0.3 is 0 Å². The molecule has 24 valence electrons. The zero-order valence-corrected chi connectivity index (χ0v) is 3.38. The summed E-state index contributed by atoms with van der Waals surface area (Å²) in [6, 6.07) is 4.59. The summed E-state index contributed by atoms with van der Waals surface area (Å²) in [4.78, 5) is 0. The Kier molecular flexibility index (Phi) is 0.711. The van der Waals surface area contributed by atoms with Crippen molar-refractivity contribution >= 4 is 11.3 Å². The highest BCUT2D eigenvalue weighted by atomic mass is 32.1. The van der Waals surface area contributed by atoms with E-state index in [0.717, 1.165) is 0 Å². The van der Waals surface area contributed by atoms with Crippen molar-refractivity contribution in [2.75, 3.05) is 0 Å². The molecule has 0 saturated carbocycles. The third kappa shape index (κ3) is 0.484. The summed E-state index contributed by atoms with van der Waals surface area (Å²) in [5.74, 6) is 0. The van der Waals surface area contributed by atoms with Crippen LogP contribution in [0, 0.1) is 11.4 Å². The van der Waals surface area contributed by atoms with Crippen LogP contribution in [0.15, 0.2) is 11.4 Å². The molecule has 0 aromatic carbocycles. The molecule has 0 amide bonds. The van der Waals surface area contributed by atoms with E-state index in [-0.39, 0.29) is 0 Å². The molecular formula is C4H2S. The lowest BCUT2D eigenvalue weighted by Crippen LogP contribution is -1.20. The Morgan fingerprint density at radius 3 is 2.80 bits per heavy atom. The molecule has 0 nitrogen and oxygen atoms in total. The third-order valence-corrected chi connectivity index (χ3v) is 0.845. The first-order valence-electron chi connectivity index (χ1n) is 1.31. The van der Waals surface area contributed by atoms with Crippen LogP contribution in [-0.4, -0.2) is 0 Å². The lowest BCUT2D eigenvalue weighted by molar-refractivity contribution is 1.97. The summed E-state index contributed by atoms with van der Waals surface area (Å²) in [6.45, 7) is 0. The minimum atomic E-state index is 1.53. The maximum absolute atomic E-state index is 2.85. The molecule has 0 atom stereocenters. The van der Waals surface area contributed by atoms with Crippen LogP contribution < -0.4 is 0 Å². The molecule has 0 aliphatic carbocycles. The van der Waals surface area contributed by atoms with Crippen molar-refractivity contribution in [2.45, 2.75) is 0 Å². The van der Waals surface area contributed by atoms with Crippen LogP contribution in [0.5, 0.6) is 0 Å². The summed E-state index contributed by atoms with van der Waals surface area (Å²) >= 11 is 1.53. The van der Waals surface area contributed by atoms with Crippen LogP contribution in [0.25, 0.3) is 0 Å². The topological polar surface area (TPSA) is 0 Å². The first kappa shape index (κ1) is 2.91. The van der Waals surface area contributed by atoms with E-state index >= 15 is 0 Å².